The third kappa shape index (κ3) is 2.44. The van der Waals surface area contributed by atoms with E-state index in [1.165, 1.54) is 11.1 Å². The Morgan fingerprint density at radius 1 is 1.33 bits per heavy atom. The van der Waals surface area contributed by atoms with Gasteiger partial charge in [0.05, 0.1) is 0 Å². The molecule has 2 rings (SSSR count). The largest absolute Gasteiger partial charge is 0.314 e. The average Bonchev–Trinajstić information content (AvgIpc) is 2.81. The monoisotopic (exact) mass is 249 g/mol. The van der Waals surface area contributed by atoms with Crippen molar-refractivity contribution in [3.63, 3.8) is 0 Å². The minimum absolute atomic E-state index is 0.117. The van der Waals surface area contributed by atoms with Gasteiger partial charge in [-0.2, -0.15) is 0 Å². The zero-order chi connectivity index (χ0) is 13.5. The van der Waals surface area contributed by atoms with Crippen LogP contribution in [0.2, 0.25) is 0 Å². The third-order valence-electron chi connectivity index (χ3n) is 4.37. The molecular formula is C16H24FN. The normalized spacial score (nSPS) is 25.5. The van der Waals surface area contributed by atoms with Gasteiger partial charge in [-0.25, -0.2) is 4.39 Å². The topological polar surface area (TPSA) is 12.0 Å². The fraction of sp³-hybridized carbons (Fsp3) is 0.625. The molecule has 18 heavy (non-hydrogen) atoms. The number of aryl methyl sites for hydroxylation is 1. The minimum atomic E-state index is -0.117. The maximum Gasteiger partial charge on any atom is 0.123 e. The van der Waals surface area contributed by atoms with Crippen molar-refractivity contribution in [2.24, 2.45) is 11.3 Å². The smallest absolute Gasteiger partial charge is 0.123 e. The molecule has 0 saturated heterocycles. The molecule has 0 amide bonds. The fourth-order valence-electron chi connectivity index (χ4n) is 3.05. The molecule has 1 saturated carbocycles. The predicted molar refractivity (Wildman–Crippen MR) is 74.3 cm³/mol. The summed E-state index contributed by atoms with van der Waals surface area (Å²) in [7, 11) is 0. The standard InChI is InChI=1S/C16H24FN/c1-10(2)18-9-14-15(16(14,4)5)13-8-12(17)7-6-11(13)3/h6-8,10,14-15,18H,9H2,1-5H3. The summed E-state index contributed by atoms with van der Waals surface area (Å²) >= 11 is 0. The van der Waals surface area contributed by atoms with Crippen LogP contribution in [0.5, 0.6) is 0 Å². The van der Waals surface area contributed by atoms with E-state index >= 15 is 0 Å². The maximum atomic E-state index is 13.4. The highest BCUT2D eigenvalue weighted by Gasteiger charge is 2.58. The Balaban J connectivity index is 2.16. The lowest BCUT2D eigenvalue weighted by molar-refractivity contribution is 0.491. The van der Waals surface area contributed by atoms with Gasteiger partial charge in [0.2, 0.25) is 0 Å². The Hall–Kier alpha value is -0.890. The van der Waals surface area contributed by atoms with Crippen molar-refractivity contribution in [2.45, 2.75) is 46.6 Å². The van der Waals surface area contributed by atoms with Crippen LogP contribution in [0.25, 0.3) is 0 Å². The van der Waals surface area contributed by atoms with E-state index in [1.54, 1.807) is 12.1 Å². The van der Waals surface area contributed by atoms with Crippen molar-refractivity contribution in [1.82, 2.24) is 5.32 Å². The van der Waals surface area contributed by atoms with Gasteiger partial charge >= 0.3 is 0 Å². The molecule has 1 aromatic rings. The van der Waals surface area contributed by atoms with Crippen molar-refractivity contribution >= 4 is 0 Å². The van der Waals surface area contributed by atoms with Gasteiger partial charge in [0, 0.05) is 6.04 Å². The van der Waals surface area contributed by atoms with Gasteiger partial charge in [-0.05, 0) is 54.0 Å². The molecule has 1 aromatic carbocycles. The van der Waals surface area contributed by atoms with E-state index in [4.69, 9.17) is 0 Å². The Bertz CT molecular complexity index is 437. The lowest BCUT2D eigenvalue weighted by Crippen LogP contribution is -2.26. The minimum Gasteiger partial charge on any atom is -0.314 e. The summed E-state index contributed by atoms with van der Waals surface area (Å²) in [4.78, 5) is 0. The first kappa shape index (κ1) is 13.5. The second kappa shape index (κ2) is 4.65. The van der Waals surface area contributed by atoms with E-state index in [-0.39, 0.29) is 11.2 Å². The molecule has 1 aliphatic carbocycles. The molecule has 1 fully saturated rings. The molecule has 1 aliphatic rings. The van der Waals surface area contributed by atoms with Crippen LogP contribution >= 0.6 is 0 Å². The summed E-state index contributed by atoms with van der Waals surface area (Å²) in [6, 6.07) is 5.68. The third-order valence-corrected chi connectivity index (χ3v) is 4.37. The molecule has 0 heterocycles. The number of rotatable bonds is 4. The maximum absolute atomic E-state index is 13.4. The van der Waals surface area contributed by atoms with Gasteiger partial charge in [0.1, 0.15) is 5.82 Å². The zero-order valence-corrected chi connectivity index (χ0v) is 12.0. The average molecular weight is 249 g/mol. The molecule has 1 nitrogen and oxygen atoms in total. The molecule has 0 aliphatic heterocycles. The highest BCUT2D eigenvalue weighted by Crippen LogP contribution is 2.64. The summed E-state index contributed by atoms with van der Waals surface area (Å²) in [5, 5.41) is 3.50. The molecule has 2 atom stereocenters. The first-order valence-electron chi connectivity index (χ1n) is 6.83. The van der Waals surface area contributed by atoms with E-state index in [0.717, 1.165) is 6.54 Å². The van der Waals surface area contributed by atoms with Gasteiger partial charge in [-0.3, -0.25) is 0 Å². The van der Waals surface area contributed by atoms with Crippen LogP contribution in [0.3, 0.4) is 0 Å². The highest BCUT2D eigenvalue weighted by molar-refractivity contribution is 5.38. The first-order chi connectivity index (χ1) is 8.34. The lowest BCUT2D eigenvalue weighted by Gasteiger charge is -2.08. The van der Waals surface area contributed by atoms with Crippen LogP contribution in [0.1, 0.15) is 44.7 Å². The molecule has 100 valence electrons. The van der Waals surface area contributed by atoms with E-state index in [0.29, 0.717) is 17.9 Å². The van der Waals surface area contributed by atoms with Crippen molar-refractivity contribution in [1.29, 1.82) is 0 Å². The van der Waals surface area contributed by atoms with Gasteiger partial charge in [0.15, 0.2) is 0 Å². The predicted octanol–water partition coefficient (Wildman–Crippen LogP) is 3.87. The molecule has 2 heteroatoms. The fourth-order valence-corrected chi connectivity index (χ4v) is 3.05. The van der Waals surface area contributed by atoms with Gasteiger partial charge in [-0.15, -0.1) is 0 Å². The van der Waals surface area contributed by atoms with E-state index < -0.39 is 0 Å². The summed E-state index contributed by atoms with van der Waals surface area (Å²) in [5.41, 5.74) is 2.68. The number of halogens is 1. The highest BCUT2D eigenvalue weighted by atomic mass is 19.1. The van der Waals surface area contributed by atoms with Crippen molar-refractivity contribution in [3.05, 3.63) is 35.1 Å². The molecular weight excluding hydrogens is 225 g/mol. The Morgan fingerprint density at radius 2 is 2.00 bits per heavy atom. The SMILES string of the molecule is Cc1ccc(F)cc1C1C(CNC(C)C)C1(C)C. The van der Waals surface area contributed by atoms with Crippen molar-refractivity contribution in [2.75, 3.05) is 6.54 Å². The number of hydrogen-bond donors (Lipinski definition) is 1. The van der Waals surface area contributed by atoms with Crippen LogP contribution in [-0.4, -0.2) is 12.6 Å². The van der Waals surface area contributed by atoms with Crippen LogP contribution in [-0.2, 0) is 0 Å². The molecule has 0 aromatic heterocycles. The Morgan fingerprint density at radius 3 is 2.61 bits per heavy atom. The first-order valence-corrected chi connectivity index (χ1v) is 6.83. The van der Waals surface area contributed by atoms with Crippen LogP contribution in [0.4, 0.5) is 4.39 Å². The number of nitrogens with one attached hydrogen (secondary N) is 1. The van der Waals surface area contributed by atoms with Gasteiger partial charge in [-0.1, -0.05) is 33.8 Å². The van der Waals surface area contributed by atoms with E-state index in [1.807, 2.05) is 6.07 Å². The number of hydrogen-bond acceptors (Lipinski definition) is 1. The Kier molecular flexibility index (Phi) is 3.50. The second-order valence-electron chi connectivity index (χ2n) is 6.47. The quantitative estimate of drug-likeness (QED) is 0.854. The molecule has 2 unspecified atom stereocenters. The number of benzene rings is 1. The molecule has 1 N–H and O–H groups in total. The zero-order valence-electron chi connectivity index (χ0n) is 12.0. The summed E-state index contributed by atoms with van der Waals surface area (Å²) < 4.78 is 13.4. The summed E-state index contributed by atoms with van der Waals surface area (Å²) in [6.45, 7) is 12.0. The van der Waals surface area contributed by atoms with E-state index in [2.05, 4.69) is 39.9 Å². The van der Waals surface area contributed by atoms with E-state index in [9.17, 15) is 4.39 Å². The molecule has 0 radical (unpaired) electrons. The van der Waals surface area contributed by atoms with Crippen LogP contribution < -0.4 is 5.32 Å². The molecule has 0 bridgehead atoms. The van der Waals surface area contributed by atoms with Crippen molar-refractivity contribution in [3.8, 4) is 0 Å². The summed E-state index contributed by atoms with van der Waals surface area (Å²) in [6.07, 6.45) is 0. The van der Waals surface area contributed by atoms with Crippen molar-refractivity contribution < 1.29 is 4.39 Å². The van der Waals surface area contributed by atoms with Gasteiger partial charge in [0.25, 0.3) is 0 Å². The lowest BCUT2D eigenvalue weighted by atomic mass is 9.99. The molecule has 0 spiro atoms. The van der Waals surface area contributed by atoms with Gasteiger partial charge < -0.3 is 5.32 Å². The second-order valence-corrected chi connectivity index (χ2v) is 6.47. The Labute approximate surface area is 110 Å². The van der Waals surface area contributed by atoms with Crippen LogP contribution in [0.15, 0.2) is 18.2 Å². The van der Waals surface area contributed by atoms with Crippen LogP contribution in [0, 0.1) is 24.1 Å². The summed E-state index contributed by atoms with van der Waals surface area (Å²) in [5.74, 6) is 0.980.